The maximum atomic E-state index is 11.9. The number of nitrogens with zero attached hydrogens (tertiary/aromatic N) is 1. The third-order valence-electron chi connectivity index (χ3n) is 3.39. The first-order chi connectivity index (χ1) is 10.1. The molecular weight excluding hydrogens is 435 g/mol. The molecule has 0 aliphatic heterocycles. The molecule has 22 heavy (non-hydrogen) atoms. The highest BCUT2D eigenvalue weighted by Crippen LogP contribution is 2.17. The van der Waals surface area contributed by atoms with Crippen LogP contribution < -0.4 is 15.4 Å². The van der Waals surface area contributed by atoms with Crippen molar-refractivity contribution in [2.75, 3.05) is 20.1 Å². The first kappa shape index (κ1) is 19.7. The van der Waals surface area contributed by atoms with Crippen molar-refractivity contribution in [2.24, 2.45) is 4.99 Å². The van der Waals surface area contributed by atoms with Crippen molar-refractivity contribution < 1.29 is 8.42 Å². The predicted octanol–water partition coefficient (Wildman–Crippen LogP) is 1.75. The molecule has 1 fully saturated rings. The Balaban J connectivity index is 0.00000242. The summed E-state index contributed by atoms with van der Waals surface area (Å²) in [6.45, 7) is 0.822. The highest BCUT2D eigenvalue weighted by atomic mass is 127. The van der Waals surface area contributed by atoms with Crippen molar-refractivity contribution in [2.45, 2.75) is 35.9 Å². The second-order valence-electron chi connectivity index (χ2n) is 4.95. The molecule has 6 nitrogen and oxygen atoms in total. The van der Waals surface area contributed by atoms with Crippen molar-refractivity contribution in [1.29, 1.82) is 0 Å². The van der Waals surface area contributed by atoms with Crippen molar-refractivity contribution in [3.05, 3.63) is 17.5 Å². The van der Waals surface area contributed by atoms with Gasteiger partial charge in [0.25, 0.3) is 0 Å². The fourth-order valence-electron chi connectivity index (χ4n) is 2.31. The van der Waals surface area contributed by atoms with Crippen LogP contribution in [0.5, 0.6) is 0 Å². The Hall–Kier alpha value is -0.390. The zero-order valence-electron chi connectivity index (χ0n) is 12.5. The van der Waals surface area contributed by atoms with Gasteiger partial charge in [-0.25, -0.2) is 13.1 Å². The molecule has 0 unspecified atom stereocenters. The van der Waals surface area contributed by atoms with E-state index in [1.54, 1.807) is 24.6 Å². The molecule has 1 aliphatic rings. The minimum Gasteiger partial charge on any atom is -0.355 e. The molecule has 126 valence electrons. The fraction of sp³-hybridized carbons (Fsp3) is 0.615. The molecule has 2 rings (SSSR count). The Morgan fingerprint density at radius 1 is 1.36 bits per heavy atom. The van der Waals surface area contributed by atoms with Gasteiger partial charge in [0.15, 0.2) is 5.96 Å². The van der Waals surface area contributed by atoms with Gasteiger partial charge in [-0.1, -0.05) is 18.9 Å². The molecule has 0 bridgehead atoms. The summed E-state index contributed by atoms with van der Waals surface area (Å²) in [4.78, 5) is 4.15. The van der Waals surface area contributed by atoms with Gasteiger partial charge in [-0.05, 0) is 24.3 Å². The lowest BCUT2D eigenvalue weighted by molar-refractivity contribution is 0.580. The molecule has 1 aromatic heterocycles. The molecule has 0 saturated heterocycles. The van der Waals surface area contributed by atoms with Gasteiger partial charge in [-0.15, -0.1) is 35.3 Å². The summed E-state index contributed by atoms with van der Waals surface area (Å²) in [6, 6.07) is 3.81. The lowest BCUT2D eigenvalue weighted by Crippen LogP contribution is -2.44. The molecule has 1 aliphatic carbocycles. The van der Waals surface area contributed by atoms with Crippen LogP contribution in [0.4, 0.5) is 0 Å². The van der Waals surface area contributed by atoms with Crippen LogP contribution in [0.15, 0.2) is 26.7 Å². The van der Waals surface area contributed by atoms with Gasteiger partial charge in [0.05, 0.1) is 0 Å². The molecule has 1 aromatic rings. The molecule has 0 spiro atoms. The van der Waals surface area contributed by atoms with Crippen LogP contribution >= 0.6 is 35.3 Å². The molecule has 0 atom stereocenters. The van der Waals surface area contributed by atoms with Crippen LogP contribution in [0.1, 0.15) is 25.7 Å². The molecule has 0 aromatic carbocycles. The quantitative estimate of drug-likeness (QED) is 0.263. The van der Waals surface area contributed by atoms with Gasteiger partial charge < -0.3 is 10.6 Å². The Labute approximate surface area is 153 Å². The molecule has 9 heteroatoms. The number of thiophene rings is 1. The predicted molar refractivity (Wildman–Crippen MR) is 102 cm³/mol. The van der Waals surface area contributed by atoms with Gasteiger partial charge in [0.1, 0.15) is 4.21 Å². The summed E-state index contributed by atoms with van der Waals surface area (Å²) in [6.07, 6.45) is 4.86. The maximum absolute atomic E-state index is 11.9. The fourth-order valence-corrected chi connectivity index (χ4v) is 4.38. The van der Waals surface area contributed by atoms with Crippen LogP contribution in [0.2, 0.25) is 0 Å². The average molecular weight is 458 g/mol. The van der Waals surface area contributed by atoms with E-state index in [4.69, 9.17) is 0 Å². The molecule has 1 heterocycles. The Morgan fingerprint density at radius 2 is 2.09 bits per heavy atom. The Bertz CT molecular complexity index is 555. The van der Waals surface area contributed by atoms with Gasteiger partial charge in [0.2, 0.25) is 10.0 Å². The normalized spacial score (nSPS) is 16.3. The van der Waals surface area contributed by atoms with E-state index >= 15 is 0 Å². The first-order valence-corrected chi connectivity index (χ1v) is 9.48. The van der Waals surface area contributed by atoms with Crippen LogP contribution in [0.3, 0.4) is 0 Å². The number of guanidine groups is 1. The van der Waals surface area contributed by atoms with Crippen molar-refractivity contribution >= 4 is 51.3 Å². The number of hydrogen-bond donors (Lipinski definition) is 3. The number of nitrogens with one attached hydrogen (secondary N) is 3. The van der Waals surface area contributed by atoms with E-state index in [0.29, 0.717) is 23.3 Å². The first-order valence-electron chi connectivity index (χ1n) is 7.12. The summed E-state index contributed by atoms with van der Waals surface area (Å²) in [5.74, 6) is 0.734. The molecule has 0 radical (unpaired) electrons. The lowest BCUT2D eigenvalue weighted by Gasteiger charge is -2.16. The summed E-state index contributed by atoms with van der Waals surface area (Å²) in [5.41, 5.74) is 0. The van der Waals surface area contributed by atoms with E-state index in [9.17, 15) is 8.42 Å². The lowest BCUT2D eigenvalue weighted by atomic mass is 10.2. The molecule has 1 saturated carbocycles. The minimum atomic E-state index is -3.38. The van der Waals surface area contributed by atoms with Gasteiger partial charge >= 0.3 is 0 Å². The van der Waals surface area contributed by atoms with E-state index in [1.165, 1.54) is 37.0 Å². The SMILES string of the molecule is CN=C(NCCNS(=O)(=O)c1cccs1)NC1CCCC1.I. The number of aliphatic imine (C=N–C) groups is 1. The summed E-state index contributed by atoms with van der Waals surface area (Å²) in [7, 11) is -1.65. The van der Waals surface area contributed by atoms with E-state index < -0.39 is 10.0 Å². The van der Waals surface area contributed by atoms with Crippen LogP contribution in [0, 0.1) is 0 Å². The Morgan fingerprint density at radius 3 is 2.68 bits per heavy atom. The summed E-state index contributed by atoms with van der Waals surface area (Å²) < 4.78 is 26.7. The van der Waals surface area contributed by atoms with Crippen molar-refractivity contribution in [3.8, 4) is 0 Å². The third kappa shape index (κ3) is 6.01. The zero-order chi connectivity index (χ0) is 15.1. The average Bonchev–Trinajstić information content (AvgIpc) is 3.14. The largest absolute Gasteiger partial charge is 0.355 e. The van der Waals surface area contributed by atoms with Crippen LogP contribution in [0.25, 0.3) is 0 Å². The second kappa shape index (κ2) is 9.68. The third-order valence-corrected chi connectivity index (χ3v) is 6.25. The van der Waals surface area contributed by atoms with E-state index in [-0.39, 0.29) is 24.0 Å². The highest BCUT2D eigenvalue weighted by Gasteiger charge is 2.16. The Kier molecular flexibility index (Phi) is 8.65. The van der Waals surface area contributed by atoms with Gasteiger partial charge in [0, 0.05) is 26.2 Å². The maximum Gasteiger partial charge on any atom is 0.250 e. The highest BCUT2D eigenvalue weighted by molar-refractivity contribution is 14.0. The molecular formula is C13H23IN4O2S2. The standard InChI is InChI=1S/C13H22N4O2S2.HI/c1-14-13(17-11-5-2-3-6-11)15-8-9-16-21(18,19)12-7-4-10-20-12;/h4,7,10-11,16H,2-3,5-6,8-9H2,1H3,(H2,14,15,17);1H. The van der Waals surface area contributed by atoms with Gasteiger partial charge in [-0.3, -0.25) is 4.99 Å². The van der Waals surface area contributed by atoms with Crippen molar-refractivity contribution in [3.63, 3.8) is 0 Å². The summed E-state index contributed by atoms with van der Waals surface area (Å²) in [5, 5.41) is 8.23. The number of sulfonamides is 1. The van der Waals surface area contributed by atoms with E-state index in [2.05, 4.69) is 20.3 Å². The van der Waals surface area contributed by atoms with Gasteiger partial charge in [-0.2, -0.15) is 0 Å². The van der Waals surface area contributed by atoms with Crippen LogP contribution in [-0.4, -0.2) is 40.6 Å². The number of halogens is 1. The molecule has 0 amide bonds. The summed E-state index contributed by atoms with van der Waals surface area (Å²) >= 11 is 1.21. The van der Waals surface area contributed by atoms with E-state index in [1.807, 2.05) is 0 Å². The van der Waals surface area contributed by atoms with Crippen LogP contribution in [-0.2, 0) is 10.0 Å². The monoisotopic (exact) mass is 458 g/mol. The minimum absolute atomic E-state index is 0. The second-order valence-corrected chi connectivity index (χ2v) is 7.90. The van der Waals surface area contributed by atoms with Crippen molar-refractivity contribution in [1.82, 2.24) is 15.4 Å². The number of rotatable bonds is 6. The topological polar surface area (TPSA) is 82.6 Å². The van der Waals surface area contributed by atoms with E-state index in [0.717, 1.165) is 5.96 Å². The molecule has 3 N–H and O–H groups in total. The zero-order valence-corrected chi connectivity index (χ0v) is 16.5. The smallest absolute Gasteiger partial charge is 0.250 e. The number of hydrogen-bond acceptors (Lipinski definition) is 4.